The van der Waals surface area contributed by atoms with E-state index < -0.39 is 0 Å². The van der Waals surface area contributed by atoms with E-state index >= 15 is 0 Å². The average molecular weight is 290 g/mol. The zero-order valence-electron chi connectivity index (χ0n) is 10.8. The van der Waals surface area contributed by atoms with Crippen LogP contribution in [0.5, 0.6) is 0 Å². The van der Waals surface area contributed by atoms with Gasteiger partial charge in [-0.2, -0.15) is 0 Å². The molecule has 0 aliphatic heterocycles. The van der Waals surface area contributed by atoms with Gasteiger partial charge in [-0.1, -0.05) is 23.5 Å². The molecule has 3 rings (SSSR count). The summed E-state index contributed by atoms with van der Waals surface area (Å²) in [6, 6.07) is 7.31. The Morgan fingerprint density at radius 3 is 2.90 bits per heavy atom. The number of nitro benzene ring substituents is 1. The maximum atomic E-state index is 11.0. The van der Waals surface area contributed by atoms with Crippen molar-refractivity contribution in [1.29, 1.82) is 0 Å². The van der Waals surface area contributed by atoms with Gasteiger partial charge >= 0.3 is 0 Å². The van der Waals surface area contributed by atoms with Gasteiger partial charge in [0.1, 0.15) is 5.01 Å². The molecule has 0 unspecified atom stereocenters. The third kappa shape index (κ3) is 3.00. The molecular formula is C13H14N4O2S. The first kappa shape index (κ1) is 13.1. The standard InChI is InChI=1S/C13H14N4O2S/c18-17(19)11-4-2-1-3-10(11)13-16-15-12(20-13)7-8-14-9-5-6-9/h1-4,9,14H,5-8H2. The van der Waals surface area contributed by atoms with Gasteiger partial charge < -0.3 is 5.32 Å². The summed E-state index contributed by atoms with van der Waals surface area (Å²) < 4.78 is 0. The van der Waals surface area contributed by atoms with Crippen molar-refractivity contribution in [3.8, 4) is 10.6 Å². The van der Waals surface area contributed by atoms with Crippen LogP contribution < -0.4 is 5.32 Å². The van der Waals surface area contributed by atoms with Gasteiger partial charge in [-0.3, -0.25) is 10.1 Å². The Hall–Kier alpha value is -1.86. The molecule has 1 heterocycles. The number of nitro groups is 1. The predicted octanol–water partition coefficient (Wildman–Crippen LogP) is 2.41. The van der Waals surface area contributed by atoms with Crippen molar-refractivity contribution < 1.29 is 4.92 Å². The van der Waals surface area contributed by atoms with E-state index in [1.807, 2.05) is 0 Å². The summed E-state index contributed by atoms with van der Waals surface area (Å²) in [4.78, 5) is 10.6. The monoisotopic (exact) mass is 290 g/mol. The van der Waals surface area contributed by atoms with E-state index in [-0.39, 0.29) is 10.6 Å². The molecule has 0 bridgehead atoms. The molecule has 20 heavy (non-hydrogen) atoms. The van der Waals surface area contributed by atoms with E-state index in [4.69, 9.17) is 0 Å². The summed E-state index contributed by atoms with van der Waals surface area (Å²) in [6.07, 6.45) is 3.34. The number of rotatable bonds is 6. The zero-order valence-corrected chi connectivity index (χ0v) is 11.6. The molecule has 1 fully saturated rings. The van der Waals surface area contributed by atoms with Crippen molar-refractivity contribution in [2.24, 2.45) is 0 Å². The second kappa shape index (κ2) is 5.64. The van der Waals surface area contributed by atoms with Crippen LogP contribution in [0.25, 0.3) is 10.6 Å². The highest BCUT2D eigenvalue weighted by atomic mass is 32.1. The highest BCUT2D eigenvalue weighted by Crippen LogP contribution is 2.31. The molecule has 2 aromatic rings. The van der Waals surface area contributed by atoms with Crippen molar-refractivity contribution in [3.05, 3.63) is 39.4 Å². The van der Waals surface area contributed by atoms with Crippen molar-refractivity contribution in [3.63, 3.8) is 0 Å². The lowest BCUT2D eigenvalue weighted by atomic mass is 10.2. The van der Waals surface area contributed by atoms with Crippen molar-refractivity contribution in [2.75, 3.05) is 6.54 Å². The quantitative estimate of drug-likeness (QED) is 0.652. The Bertz CT molecular complexity index is 624. The molecule has 1 aromatic heterocycles. The van der Waals surface area contributed by atoms with Gasteiger partial charge in [-0.25, -0.2) is 0 Å². The lowest BCUT2D eigenvalue weighted by Crippen LogP contribution is -2.19. The molecule has 104 valence electrons. The molecule has 7 heteroatoms. The number of hydrogen-bond donors (Lipinski definition) is 1. The van der Waals surface area contributed by atoms with Gasteiger partial charge in [0, 0.05) is 25.1 Å². The van der Waals surface area contributed by atoms with Gasteiger partial charge in [-0.15, -0.1) is 10.2 Å². The van der Waals surface area contributed by atoms with Crippen LogP contribution in [0.2, 0.25) is 0 Å². The van der Waals surface area contributed by atoms with Crippen LogP contribution in [-0.2, 0) is 6.42 Å². The average Bonchev–Trinajstić information content (AvgIpc) is 3.15. The molecule has 0 radical (unpaired) electrons. The van der Waals surface area contributed by atoms with Crippen LogP contribution in [0.3, 0.4) is 0 Å². The van der Waals surface area contributed by atoms with E-state index in [0.717, 1.165) is 18.0 Å². The smallest absolute Gasteiger partial charge is 0.279 e. The van der Waals surface area contributed by atoms with Crippen molar-refractivity contribution in [1.82, 2.24) is 15.5 Å². The van der Waals surface area contributed by atoms with Gasteiger partial charge in [0.05, 0.1) is 10.5 Å². The molecule has 1 saturated carbocycles. The third-order valence-electron chi connectivity index (χ3n) is 3.15. The first-order valence-corrected chi connectivity index (χ1v) is 7.35. The van der Waals surface area contributed by atoms with E-state index in [9.17, 15) is 10.1 Å². The molecule has 1 aliphatic rings. The van der Waals surface area contributed by atoms with Crippen LogP contribution in [0.15, 0.2) is 24.3 Å². The van der Waals surface area contributed by atoms with Gasteiger partial charge in [0.2, 0.25) is 0 Å². The molecule has 0 amide bonds. The van der Waals surface area contributed by atoms with Crippen molar-refractivity contribution >= 4 is 17.0 Å². The Morgan fingerprint density at radius 1 is 1.35 bits per heavy atom. The maximum Gasteiger partial charge on any atom is 0.279 e. The second-order valence-electron chi connectivity index (χ2n) is 4.75. The Labute approximate surface area is 120 Å². The fourth-order valence-electron chi connectivity index (χ4n) is 1.95. The molecule has 0 saturated heterocycles. The molecular weight excluding hydrogens is 276 g/mol. The molecule has 1 aromatic carbocycles. The van der Waals surface area contributed by atoms with E-state index in [2.05, 4.69) is 15.5 Å². The fraction of sp³-hybridized carbons (Fsp3) is 0.385. The number of aromatic nitrogens is 2. The first-order valence-electron chi connectivity index (χ1n) is 6.53. The van der Waals surface area contributed by atoms with Gasteiger partial charge in [0.25, 0.3) is 5.69 Å². The summed E-state index contributed by atoms with van der Waals surface area (Å²) in [6.45, 7) is 0.885. The van der Waals surface area contributed by atoms with Crippen LogP contribution in [0.4, 0.5) is 5.69 Å². The van der Waals surface area contributed by atoms with E-state index in [0.29, 0.717) is 16.6 Å². The molecule has 1 N–H and O–H groups in total. The number of para-hydroxylation sites is 1. The highest BCUT2D eigenvalue weighted by Gasteiger charge is 2.21. The largest absolute Gasteiger partial charge is 0.314 e. The highest BCUT2D eigenvalue weighted by molar-refractivity contribution is 7.14. The minimum Gasteiger partial charge on any atom is -0.314 e. The summed E-state index contributed by atoms with van der Waals surface area (Å²) in [5, 5.41) is 24.1. The number of hydrogen-bond acceptors (Lipinski definition) is 6. The van der Waals surface area contributed by atoms with Crippen LogP contribution in [-0.4, -0.2) is 27.7 Å². The zero-order chi connectivity index (χ0) is 13.9. The summed E-state index contributed by atoms with van der Waals surface area (Å²) >= 11 is 1.42. The number of nitrogens with one attached hydrogen (secondary N) is 1. The Morgan fingerprint density at radius 2 is 2.15 bits per heavy atom. The van der Waals surface area contributed by atoms with Crippen LogP contribution in [0.1, 0.15) is 17.8 Å². The maximum absolute atomic E-state index is 11.0. The first-order chi connectivity index (χ1) is 9.74. The number of nitrogens with zero attached hydrogens (tertiary/aromatic N) is 3. The SMILES string of the molecule is O=[N+]([O-])c1ccccc1-c1nnc(CCNC2CC2)s1. The predicted molar refractivity (Wildman–Crippen MR) is 76.7 cm³/mol. The second-order valence-corrected chi connectivity index (χ2v) is 5.82. The normalized spacial score (nSPS) is 14.4. The minimum atomic E-state index is -0.384. The van der Waals surface area contributed by atoms with Gasteiger partial charge in [0.15, 0.2) is 5.01 Å². The summed E-state index contributed by atoms with van der Waals surface area (Å²) in [7, 11) is 0. The van der Waals surface area contributed by atoms with E-state index in [1.54, 1.807) is 18.2 Å². The van der Waals surface area contributed by atoms with Crippen LogP contribution >= 0.6 is 11.3 Å². The number of benzene rings is 1. The van der Waals surface area contributed by atoms with Crippen molar-refractivity contribution in [2.45, 2.75) is 25.3 Å². The topological polar surface area (TPSA) is 81.0 Å². The fourth-order valence-corrected chi connectivity index (χ4v) is 2.82. The summed E-state index contributed by atoms with van der Waals surface area (Å²) in [5.74, 6) is 0. The lowest BCUT2D eigenvalue weighted by Gasteiger charge is -1.98. The third-order valence-corrected chi connectivity index (χ3v) is 4.16. The molecule has 0 spiro atoms. The van der Waals surface area contributed by atoms with Crippen LogP contribution in [0, 0.1) is 10.1 Å². The van der Waals surface area contributed by atoms with Gasteiger partial charge in [-0.05, 0) is 18.9 Å². The molecule has 6 nitrogen and oxygen atoms in total. The Balaban J connectivity index is 1.73. The van der Waals surface area contributed by atoms with E-state index in [1.165, 1.54) is 30.2 Å². The molecule has 0 atom stereocenters. The molecule has 1 aliphatic carbocycles. The lowest BCUT2D eigenvalue weighted by molar-refractivity contribution is -0.384. The Kier molecular flexibility index (Phi) is 3.70. The summed E-state index contributed by atoms with van der Waals surface area (Å²) in [5.41, 5.74) is 0.614. The minimum absolute atomic E-state index is 0.0753.